The van der Waals surface area contributed by atoms with Gasteiger partial charge in [-0.05, 0) is 51.5 Å². The van der Waals surface area contributed by atoms with Gasteiger partial charge in [-0.3, -0.25) is 10.1 Å². The van der Waals surface area contributed by atoms with Crippen LogP contribution in [0.3, 0.4) is 0 Å². The van der Waals surface area contributed by atoms with Crippen LogP contribution in [-0.4, -0.2) is 31.1 Å². The average molecular weight is 503 g/mol. The number of halogens is 2. The molecule has 0 saturated carbocycles. The fourth-order valence-corrected chi connectivity index (χ4v) is 3.35. The highest BCUT2D eigenvalue weighted by molar-refractivity contribution is 5.86. The van der Waals surface area contributed by atoms with Crippen molar-refractivity contribution in [2.24, 2.45) is 0 Å². The van der Waals surface area contributed by atoms with E-state index in [-0.39, 0.29) is 47.7 Å². The standard InChI is InChI=1S/C26H27F2NO7/c1-6-7-17(13-22(30)32-5)16-8-10-20(11-9-16)33-15-18-12-19(29-24(31)36-25(2,3)4)14-21-23(18)35-26(27,28)34-21/h8-12,14,17H,13,15H2,1-5H3,(H,29,31). The molecule has 0 aromatic heterocycles. The first kappa shape index (κ1) is 26.6. The zero-order valence-electron chi connectivity index (χ0n) is 20.6. The van der Waals surface area contributed by atoms with E-state index in [0.717, 1.165) is 5.56 Å². The van der Waals surface area contributed by atoms with Crippen LogP contribution in [0.25, 0.3) is 0 Å². The number of carbonyl (C=O) groups is 2. The summed E-state index contributed by atoms with van der Waals surface area (Å²) in [5.74, 6) is 5.05. The van der Waals surface area contributed by atoms with Crippen LogP contribution in [0.2, 0.25) is 0 Å². The second-order valence-electron chi connectivity index (χ2n) is 8.84. The number of ether oxygens (including phenoxy) is 5. The Labute approximate surface area is 207 Å². The van der Waals surface area contributed by atoms with E-state index >= 15 is 0 Å². The lowest BCUT2D eigenvalue weighted by molar-refractivity contribution is -0.287. The zero-order valence-corrected chi connectivity index (χ0v) is 20.6. The SMILES string of the molecule is CC#CC(CC(=O)OC)c1ccc(OCc2cc(NC(=O)OC(C)(C)C)cc3c2OC(F)(F)O3)cc1. The number of hydrogen-bond donors (Lipinski definition) is 1. The van der Waals surface area contributed by atoms with Crippen molar-refractivity contribution in [2.75, 3.05) is 12.4 Å². The van der Waals surface area contributed by atoms with Crippen molar-refractivity contribution in [1.82, 2.24) is 0 Å². The molecule has 2 aromatic rings. The first-order chi connectivity index (χ1) is 16.9. The van der Waals surface area contributed by atoms with E-state index in [1.807, 2.05) is 0 Å². The predicted molar refractivity (Wildman–Crippen MR) is 126 cm³/mol. The molecule has 0 fully saturated rings. The molecule has 1 N–H and O–H groups in total. The Morgan fingerprint density at radius 2 is 1.83 bits per heavy atom. The number of nitrogens with one attached hydrogen (secondary N) is 1. The summed E-state index contributed by atoms with van der Waals surface area (Å²) in [4.78, 5) is 23.8. The lowest BCUT2D eigenvalue weighted by Gasteiger charge is -2.20. The van der Waals surface area contributed by atoms with Crippen molar-refractivity contribution in [1.29, 1.82) is 0 Å². The maximum absolute atomic E-state index is 13.8. The number of alkyl halides is 2. The molecular formula is C26H27F2NO7. The van der Waals surface area contributed by atoms with Gasteiger partial charge in [0.1, 0.15) is 18.0 Å². The van der Waals surface area contributed by atoms with E-state index in [9.17, 15) is 18.4 Å². The Morgan fingerprint density at radius 3 is 2.44 bits per heavy atom. The summed E-state index contributed by atoms with van der Waals surface area (Å²) in [7, 11) is 1.31. The summed E-state index contributed by atoms with van der Waals surface area (Å²) in [6.07, 6.45) is -4.50. The first-order valence-corrected chi connectivity index (χ1v) is 11.0. The summed E-state index contributed by atoms with van der Waals surface area (Å²) in [6, 6.07) is 9.51. The third kappa shape index (κ3) is 7.25. The zero-order chi connectivity index (χ0) is 26.5. The number of benzene rings is 2. The van der Waals surface area contributed by atoms with E-state index < -0.39 is 18.0 Å². The van der Waals surface area contributed by atoms with Gasteiger partial charge in [-0.1, -0.05) is 18.1 Å². The highest BCUT2D eigenvalue weighted by atomic mass is 19.3. The predicted octanol–water partition coefficient (Wildman–Crippen LogP) is 5.60. The molecule has 36 heavy (non-hydrogen) atoms. The van der Waals surface area contributed by atoms with Crippen LogP contribution in [0.15, 0.2) is 36.4 Å². The van der Waals surface area contributed by atoms with Gasteiger partial charge in [-0.25, -0.2) is 4.79 Å². The Hall–Kier alpha value is -4.00. The highest BCUT2D eigenvalue weighted by Gasteiger charge is 2.45. The molecule has 1 heterocycles. The molecule has 0 bridgehead atoms. The number of amides is 1. The number of esters is 1. The number of hydrogen-bond acceptors (Lipinski definition) is 7. The van der Waals surface area contributed by atoms with Gasteiger partial charge < -0.3 is 23.7 Å². The van der Waals surface area contributed by atoms with Crippen molar-refractivity contribution in [2.45, 2.75) is 58.5 Å². The fourth-order valence-electron chi connectivity index (χ4n) is 3.35. The largest absolute Gasteiger partial charge is 0.586 e. The first-order valence-electron chi connectivity index (χ1n) is 11.0. The van der Waals surface area contributed by atoms with Gasteiger partial charge in [-0.2, -0.15) is 0 Å². The summed E-state index contributed by atoms with van der Waals surface area (Å²) in [5, 5.41) is 2.50. The third-order valence-corrected chi connectivity index (χ3v) is 4.82. The van der Waals surface area contributed by atoms with Gasteiger partial charge >= 0.3 is 18.4 Å². The van der Waals surface area contributed by atoms with Crippen LogP contribution in [0, 0.1) is 11.8 Å². The third-order valence-electron chi connectivity index (χ3n) is 4.82. The van der Waals surface area contributed by atoms with Gasteiger partial charge in [0.2, 0.25) is 0 Å². The summed E-state index contributed by atoms with van der Waals surface area (Å²) in [6.45, 7) is 6.62. The van der Waals surface area contributed by atoms with Gasteiger partial charge in [-0.15, -0.1) is 14.7 Å². The van der Waals surface area contributed by atoms with Crippen LogP contribution in [-0.2, 0) is 20.9 Å². The monoisotopic (exact) mass is 503 g/mol. The molecule has 192 valence electrons. The van der Waals surface area contributed by atoms with Gasteiger partial charge in [0, 0.05) is 17.3 Å². The van der Waals surface area contributed by atoms with Crippen molar-refractivity contribution >= 4 is 17.7 Å². The topological polar surface area (TPSA) is 92.3 Å². The molecule has 1 aliphatic rings. The number of rotatable bonds is 7. The van der Waals surface area contributed by atoms with E-state index in [1.165, 1.54) is 19.2 Å². The van der Waals surface area contributed by atoms with Crippen LogP contribution in [0.1, 0.15) is 51.2 Å². The Kier molecular flexibility index (Phi) is 7.93. The molecule has 3 rings (SSSR count). The quantitative estimate of drug-likeness (QED) is 0.388. The van der Waals surface area contributed by atoms with Crippen molar-refractivity contribution in [3.8, 4) is 29.1 Å². The van der Waals surface area contributed by atoms with Gasteiger partial charge in [0.25, 0.3) is 0 Å². The molecule has 1 amide bonds. The average Bonchev–Trinajstić information content (AvgIpc) is 3.10. The molecule has 1 unspecified atom stereocenters. The van der Waals surface area contributed by atoms with Crippen LogP contribution >= 0.6 is 0 Å². The molecule has 10 heteroatoms. The highest BCUT2D eigenvalue weighted by Crippen LogP contribution is 2.45. The normalized spacial score (nSPS) is 14.2. The van der Waals surface area contributed by atoms with Gasteiger partial charge in [0.15, 0.2) is 11.5 Å². The van der Waals surface area contributed by atoms with Crippen LogP contribution < -0.4 is 19.5 Å². The van der Waals surface area contributed by atoms with E-state index in [1.54, 1.807) is 52.0 Å². The molecule has 1 aliphatic heterocycles. The maximum atomic E-state index is 13.8. The number of anilines is 1. The molecule has 0 saturated heterocycles. The number of carbonyl (C=O) groups excluding carboxylic acids is 2. The Bertz CT molecular complexity index is 1180. The fraction of sp³-hybridized carbons (Fsp3) is 0.385. The minimum absolute atomic E-state index is 0.104. The molecule has 0 spiro atoms. The molecule has 0 aliphatic carbocycles. The van der Waals surface area contributed by atoms with Crippen molar-refractivity contribution in [3.63, 3.8) is 0 Å². The minimum Gasteiger partial charge on any atom is -0.489 e. The molecular weight excluding hydrogens is 476 g/mol. The lowest BCUT2D eigenvalue weighted by atomic mass is 9.96. The maximum Gasteiger partial charge on any atom is 0.586 e. The van der Waals surface area contributed by atoms with Gasteiger partial charge in [0.05, 0.1) is 19.4 Å². The molecule has 0 radical (unpaired) electrons. The second-order valence-corrected chi connectivity index (χ2v) is 8.84. The van der Waals surface area contributed by atoms with E-state index in [4.69, 9.17) is 14.2 Å². The number of methoxy groups -OCH3 is 1. The smallest absolute Gasteiger partial charge is 0.489 e. The summed E-state index contributed by atoms with van der Waals surface area (Å²) >= 11 is 0. The van der Waals surface area contributed by atoms with E-state index in [2.05, 4.69) is 26.6 Å². The van der Waals surface area contributed by atoms with Crippen molar-refractivity contribution in [3.05, 3.63) is 47.5 Å². The number of fused-ring (bicyclic) bond motifs is 1. The second kappa shape index (κ2) is 10.7. The molecule has 1 atom stereocenters. The van der Waals surface area contributed by atoms with Crippen molar-refractivity contribution < 1.29 is 42.1 Å². The van der Waals surface area contributed by atoms with E-state index in [0.29, 0.717) is 5.75 Å². The molecule has 8 nitrogen and oxygen atoms in total. The Balaban J connectivity index is 1.77. The summed E-state index contributed by atoms with van der Waals surface area (Å²) < 4.78 is 52.4. The summed E-state index contributed by atoms with van der Waals surface area (Å²) in [5.41, 5.74) is 0.439. The van der Waals surface area contributed by atoms with Crippen LogP contribution in [0.4, 0.5) is 19.3 Å². The Morgan fingerprint density at radius 1 is 1.14 bits per heavy atom. The minimum atomic E-state index is -3.85. The molecule has 2 aromatic carbocycles. The lowest BCUT2D eigenvalue weighted by Crippen LogP contribution is -2.27. The van der Waals surface area contributed by atoms with Crippen LogP contribution in [0.5, 0.6) is 17.2 Å².